The molecule has 0 saturated carbocycles. The molecule has 6 nitrogen and oxygen atoms in total. The fourth-order valence-corrected chi connectivity index (χ4v) is 1.67. The van der Waals surface area contributed by atoms with Gasteiger partial charge in [-0.05, 0) is 18.2 Å². The minimum Gasteiger partial charge on any atom is -0.478 e. The van der Waals surface area contributed by atoms with Crippen LogP contribution in [0.1, 0.15) is 77.0 Å². The Hall–Kier alpha value is -2.08. The second-order valence-electron chi connectivity index (χ2n) is 4.78. The Labute approximate surface area is 141 Å². The summed E-state index contributed by atoms with van der Waals surface area (Å²) in [7, 11) is 0. The van der Waals surface area contributed by atoms with E-state index in [0.29, 0.717) is 0 Å². The van der Waals surface area contributed by atoms with E-state index < -0.39 is 17.9 Å². The SMILES string of the molecule is CCCCCCC.Cl.O=C(O)c1cc(C(=O)O)cc(C(=O)O)c1. The molecular weight excluding hydrogens is 324 g/mol. The molecule has 0 aliphatic heterocycles. The summed E-state index contributed by atoms with van der Waals surface area (Å²) in [6.45, 7) is 4.49. The van der Waals surface area contributed by atoms with Crippen molar-refractivity contribution in [3.8, 4) is 0 Å². The van der Waals surface area contributed by atoms with Crippen LogP contribution in [0, 0.1) is 0 Å². The van der Waals surface area contributed by atoms with Crippen molar-refractivity contribution in [2.75, 3.05) is 0 Å². The molecule has 0 fully saturated rings. The molecule has 130 valence electrons. The third kappa shape index (κ3) is 9.52. The molecule has 0 aliphatic rings. The largest absolute Gasteiger partial charge is 0.478 e. The molecule has 0 spiro atoms. The van der Waals surface area contributed by atoms with Gasteiger partial charge >= 0.3 is 17.9 Å². The molecule has 0 aliphatic carbocycles. The van der Waals surface area contributed by atoms with Crippen LogP contribution in [0.25, 0.3) is 0 Å². The van der Waals surface area contributed by atoms with Crippen molar-refractivity contribution in [1.29, 1.82) is 0 Å². The molecule has 1 aromatic rings. The fourth-order valence-electron chi connectivity index (χ4n) is 1.67. The van der Waals surface area contributed by atoms with E-state index in [9.17, 15) is 14.4 Å². The van der Waals surface area contributed by atoms with Gasteiger partial charge in [-0.15, -0.1) is 12.4 Å². The maximum Gasteiger partial charge on any atom is 0.335 e. The van der Waals surface area contributed by atoms with Crippen molar-refractivity contribution in [3.05, 3.63) is 34.9 Å². The molecule has 0 heterocycles. The summed E-state index contributed by atoms with van der Waals surface area (Å²) >= 11 is 0. The van der Waals surface area contributed by atoms with Gasteiger partial charge in [0.15, 0.2) is 0 Å². The molecule has 0 aromatic heterocycles. The Bertz CT molecular complexity index is 444. The quantitative estimate of drug-likeness (QED) is 0.638. The predicted molar refractivity (Wildman–Crippen MR) is 89.0 cm³/mol. The van der Waals surface area contributed by atoms with Gasteiger partial charge in [-0.3, -0.25) is 0 Å². The Morgan fingerprint density at radius 1 is 0.696 bits per heavy atom. The van der Waals surface area contributed by atoms with Crippen molar-refractivity contribution in [3.63, 3.8) is 0 Å². The Morgan fingerprint density at radius 2 is 0.957 bits per heavy atom. The summed E-state index contributed by atoms with van der Waals surface area (Å²) in [5.74, 6) is -4.12. The minimum absolute atomic E-state index is 0. The summed E-state index contributed by atoms with van der Waals surface area (Å²) < 4.78 is 0. The lowest BCUT2D eigenvalue weighted by Gasteiger charge is -2.00. The molecule has 1 rings (SSSR count). The molecule has 3 N–H and O–H groups in total. The zero-order valence-electron chi connectivity index (χ0n) is 13.2. The third-order valence-corrected chi connectivity index (χ3v) is 2.88. The zero-order valence-corrected chi connectivity index (χ0v) is 14.1. The van der Waals surface area contributed by atoms with E-state index in [2.05, 4.69) is 13.8 Å². The van der Waals surface area contributed by atoms with Gasteiger partial charge in [0.25, 0.3) is 0 Å². The van der Waals surface area contributed by atoms with E-state index >= 15 is 0 Å². The Kier molecular flexibility index (Phi) is 12.6. The zero-order chi connectivity index (χ0) is 17.1. The van der Waals surface area contributed by atoms with E-state index in [1.54, 1.807) is 0 Å². The van der Waals surface area contributed by atoms with Gasteiger partial charge in [-0.25, -0.2) is 14.4 Å². The number of unbranched alkanes of at least 4 members (excludes halogenated alkanes) is 4. The van der Waals surface area contributed by atoms with E-state index in [0.717, 1.165) is 18.2 Å². The molecule has 7 heteroatoms. The number of carboxylic acids is 3. The monoisotopic (exact) mass is 346 g/mol. The Balaban J connectivity index is 0. The van der Waals surface area contributed by atoms with Crippen LogP contribution < -0.4 is 0 Å². The van der Waals surface area contributed by atoms with E-state index in [1.165, 1.54) is 32.1 Å². The van der Waals surface area contributed by atoms with Crippen LogP contribution in [0.4, 0.5) is 0 Å². The van der Waals surface area contributed by atoms with Crippen LogP contribution in [-0.2, 0) is 0 Å². The number of benzene rings is 1. The molecule has 0 saturated heterocycles. The topological polar surface area (TPSA) is 112 Å². The average Bonchev–Trinajstić information content (AvgIpc) is 2.47. The van der Waals surface area contributed by atoms with Crippen LogP contribution in [-0.4, -0.2) is 33.2 Å². The summed E-state index contributed by atoms with van der Waals surface area (Å²) in [5, 5.41) is 25.8. The number of carbonyl (C=O) groups is 3. The highest BCUT2D eigenvalue weighted by molar-refractivity contribution is 5.98. The first-order chi connectivity index (χ1) is 10.3. The molecule has 0 unspecified atom stereocenters. The van der Waals surface area contributed by atoms with Crippen LogP contribution >= 0.6 is 12.4 Å². The number of hydrogen-bond acceptors (Lipinski definition) is 3. The first kappa shape index (κ1) is 23.2. The van der Waals surface area contributed by atoms with E-state index in [1.807, 2.05) is 0 Å². The number of carboxylic acid groups (broad SMARTS) is 3. The van der Waals surface area contributed by atoms with Gasteiger partial charge < -0.3 is 15.3 Å². The van der Waals surface area contributed by atoms with Gasteiger partial charge in [0.05, 0.1) is 16.7 Å². The second kappa shape index (κ2) is 12.5. The van der Waals surface area contributed by atoms with Crippen molar-refractivity contribution in [1.82, 2.24) is 0 Å². The molecular formula is C16H23ClO6. The van der Waals surface area contributed by atoms with Gasteiger partial charge in [0.1, 0.15) is 0 Å². The highest BCUT2D eigenvalue weighted by Crippen LogP contribution is 2.11. The van der Waals surface area contributed by atoms with Gasteiger partial charge in [0.2, 0.25) is 0 Å². The average molecular weight is 347 g/mol. The number of halogens is 1. The van der Waals surface area contributed by atoms with Gasteiger partial charge in [-0.1, -0.05) is 46.0 Å². The lowest BCUT2D eigenvalue weighted by Crippen LogP contribution is -2.07. The fraction of sp³-hybridized carbons (Fsp3) is 0.438. The minimum atomic E-state index is -1.37. The number of aromatic carboxylic acids is 3. The lowest BCUT2D eigenvalue weighted by molar-refractivity contribution is 0.0696. The second-order valence-corrected chi connectivity index (χ2v) is 4.78. The first-order valence-corrected chi connectivity index (χ1v) is 7.18. The lowest BCUT2D eigenvalue weighted by atomic mass is 10.1. The molecule has 0 atom stereocenters. The van der Waals surface area contributed by atoms with Crippen LogP contribution in [0.15, 0.2) is 18.2 Å². The molecule has 0 amide bonds. The maximum atomic E-state index is 10.6. The molecule has 1 aromatic carbocycles. The smallest absolute Gasteiger partial charge is 0.335 e. The number of rotatable bonds is 7. The van der Waals surface area contributed by atoms with Crippen LogP contribution in [0.2, 0.25) is 0 Å². The predicted octanol–water partition coefficient (Wildman–Crippen LogP) is 4.18. The highest BCUT2D eigenvalue weighted by Gasteiger charge is 2.14. The van der Waals surface area contributed by atoms with Gasteiger partial charge in [0, 0.05) is 0 Å². The Morgan fingerprint density at radius 3 is 1.13 bits per heavy atom. The molecule has 23 heavy (non-hydrogen) atoms. The summed E-state index contributed by atoms with van der Waals surface area (Å²) in [5.41, 5.74) is -1.10. The van der Waals surface area contributed by atoms with Crippen LogP contribution in [0.3, 0.4) is 0 Å². The van der Waals surface area contributed by atoms with Crippen molar-refractivity contribution in [2.45, 2.75) is 46.0 Å². The number of hydrogen-bond donors (Lipinski definition) is 3. The highest BCUT2D eigenvalue weighted by atomic mass is 35.5. The van der Waals surface area contributed by atoms with Crippen molar-refractivity contribution < 1.29 is 29.7 Å². The molecule has 0 radical (unpaired) electrons. The normalized spacial score (nSPS) is 9.13. The third-order valence-electron chi connectivity index (χ3n) is 2.88. The van der Waals surface area contributed by atoms with Crippen molar-refractivity contribution >= 4 is 30.3 Å². The van der Waals surface area contributed by atoms with Gasteiger partial charge in [-0.2, -0.15) is 0 Å². The summed E-state index contributed by atoms with van der Waals surface area (Å²) in [4.78, 5) is 31.7. The summed E-state index contributed by atoms with van der Waals surface area (Å²) in [6, 6.07) is 2.70. The molecule has 0 bridgehead atoms. The maximum absolute atomic E-state index is 10.6. The van der Waals surface area contributed by atoms with Crippen molar-refractivity contribution in [2.24, 2.45) is 0 Å². The van der Waals surface area contributed by atoms with E-state index in [4.69, 9.17) is 15.3 Å². The first-order valence-electron chi connectivity index (χ1n) is 7.18. The van der Waals surface area contributed by atoms with Crippen LogP contribution in [0.5, 0.6) is 0 Å². The van der Waals surface area contributed by atoms with E-state index in [-0.39, 0.29) is 29.1 Å². The standard InChI is InChI=1S/C9H6O6.C7H16.ClH/c10-7(11)4-1-5(8(12)13)3-6(2-4)9(14)15;1-3-5-7-6-4-2;/h1-3H,(H,10,11)(H,12,13)(H,14,15);3-7H2,1-2H3;1H. The summed E-state index contributed by atoms with van der Waals surface area (Å²) in [6.07, 6.45) is 7.01.